The summed E-state index contributed by atoms with van der Waals surface area (Å²) in [5.41, 5.74) is 7.22. The molecule has 0 aliphatic rings. The smallest absolute Gasteiger partial charge is 0.322 e. The van der Waals surface area contributed by atoms with Gasteiger partial charge in [-0.2, -0.15) is 0 Å². The van der Waals surface area contributed by atoms with Crippen molar-refractivity contribution < 1.29 is 14.6 Å². The van der Waals surface area contributed by atoms with Crippen LogP contribution in [0.2, 0.25) is 0 Å². The van der Waals surface area contributed by atoms with E-state index in [1.807, 2.05) is 24.3 Å². The van der Waals surface area contributed by atoms with Crippen molar-refractivity contribution in [1.29, 1.82) is 0 Å². The quantitative estimate of drug-likeness (QED) is 0.661. The molecule has 0 aliphatic heterocycles. The minimum atomic E-state index is -1.02. The summed E-state index contributed by atoms with van der Waals surface area (Å²) < 4.78 is 5.04. The first-order chi connectivity index (χ1) is 7.65. The van der Waals surface area contributed by atoms with Crippen LogP contribution >= 0.6 is 0 Å². The molecule has 1 unspecified atom stereocenters. The third-order valence-corrected chi connectivity index (χ3v) is 2.15. The molecule has 0 saturated heterocycles. The minimum Gasteiger partial charge on any atom is -0.480 e. The lowest BCUT2D eigenvalue weighted by atomic mass is 10.2. The van der Waals surface area contributed by atoms with Crippen LogP contribution in [0.1, 0.15) is 5.56 Å². The van der Waals surface area contributed by atoms with Gasteiger partial charge in [0.25, 0.3) is 0 Å². The Hall–Kier alpha value is -1.59. The Kier molecular flexibility index (Phi) is 4.75. The van der Waals surface area contributed by atoms with Crippen molar-refractivity contribution >= 4 is 11.7 Å². The van der Waals surface area contributed by atoms with Gasteiger partial charge < -0.3 is 20.9 Å². The first-order valence-electron chi connectivity index (χ1n) is 4.94. The van der Waals surface area contributed by atoms with E-state index in [1.54, 1.807) is 7.11 Å². The summed E-state index contributed by atoms with van der Waals surface area (Å²) >= 11 is 0. The van der Waals surface area contributed by atoms with Crippen molar-refractivity contribution in [3.63, 3.8) is 0 Å². The molecule has 16 heavy (non-hydrogen) atoms. The van der Waals surface area contributed by atoms with Crippen LogP contribution in [0.25, 0.3) is 0 Å². The maximum atomic E-state index is 10.5. The van der Waals surface area contributed by atoms with Crippen LogP contribution in [0.15, 0.2) is 24.3 Å². The molecular weight excluding hydrogens is 208 g/mol. The van der Waals surface area contributed by atoms with E-state index in [4.69, 9.17) is 15.6 Å². The molecule has 0 radical (unpaired) electrons. The summed E-state index contributed by atoms with van der Waals surface area (Å²) in [5, 5.41) is 11.6. The highest BCUT2D eigenvalue weighted by Gasteiger charge is 2.11. The maximum Gasteiger partial charge on any atom is 0.322 e. The predicted molar refractivity (Wildman–Crippen MR) is 61.3 cm³/mol. The Morgan fingerprint density at radius 1 is 1.56 bits per heavy atom. The Balaban J connectivity index is 2.62. The molecule has 88 valence electrons. The highest BCUT2D eigenvalue weighted by Crippen LogP contribution is 2.15. The summed E-state index contributed by atoms with van der Waals surface area (Å²) in [7, 11) is 1.61. The van der Waals surface area contributed by atoms with Crippen LogP contribution in [-0.4, -0.2) is 30.8 Å². The molecule has 0 spiro atoms. The minimum absolute atomic E-state index is 0.191. The van der Waals surface area contributed by atoms with Crippen LogP contribution in [0, 0.1) is 0 Å². The number of carboxylic acids is 1. The van der Waals surface area contributed by atoms with Crippen molar-refractivity contribution in [3.8, 4) is 0 Å². The number of nitrogens with one attached hydrogen (secondary N) is 1. The number of nitrogens with two attached hydrogens (primary N) is 1. The number of para-hydroxylation sites is 1. The van der Waals surface area contributed by atoms with Crippen LogP contribution in [0.4, 0.5) is 5.69 Å². The van der Waals surface area contributed by atoms with E-state index in [1.165, 1.54) is 0 Å². The Morgan fingerprint density at radius 3 is 2.88 bits per heavy atom. The van der Waals surface area contributed by atoms with Crippen molar-refractivity contribution in [1.82, 2.24) is 0 Å². The standard InChI is InChI=1S/C11H16N2O3/c1-16-7-8-4-2-3-5-10(8)13-6-9(12)11(14)15/h2-5,9,13H,6-7,12H2,1H3,(H,14,15). The third kappa shape index (κ3) is 3.52. The van der Waals surface area contributed by atoms with Crippen molar-refractivity contribution in [2.24, 2.45) is 5.73 Å². The molecule has 1 atom stereocenters. The molecule has 1 aromatic rings. The number of carbonyl (C=O) groups is 1. The highest BCUT2D eigenvalue weighted by atomic mass is 16.5. The molecule has 0 fully saturated rings. The van der Waals surface area contributed by atoms with Gasteiger partial charge in [0.15, 0.2) is 0 Å². The van der Waals surface area contributed by atoms with Gasteiger partial charge in [0, 0.05) is 24.9 Å². The summed E-state index contributed by atoms with van der Waals surface area (Å²) in [6, 6.07) is 6.64. The number of methoxy groups -OCH3 is 1. The molecule has 1 rings (SSSR count). The van der Waals surface area contributed by atoms with Gasteiger partial charge in [-0.15, -0.1) is 0 Å². The third-order valence-electron chi connectivity index (χ3n) is 2.15. The van der Waals surface area contributed by atoms with Gasteiger partial charge in [-0.3, -0.25) is 4.79 Å². The second-order valence-corrected chi connectivity index (χ2v) is 3.42. The summed E-state index contributed by atoms with van der Waals surface area (Å²) in [5.74, 6) is -1.02. The summed E-state index contributed by atoms with van der Waals surface area (Å²) in [6.07, 6.45) is 0. The van der Waals surface area contributed by atoms with E-state index in [2.05, 4.69) is 5.32 Å². The zero-order valence-electron chi connectivity index (χ0n) is 9.14. The second-order valence-electron chi connectivity index (χ2n) is 3.42. The van der Waals surface area contributed by atoms with E-state index in [0.29, 0.717) is 6.61 Å². The topological polar surface area (TPSA) is 84.6 Å². The monoisotopic (exact) mass is 224 g/mol. The molecule has 4 N–H and O–H groups in total. The van der Waals surface area contributed by atoms with E-state index < -0.39 is 12.0 Å². The van der Waals surface area contributed by atoms with Gasteiger partial charge in [0.1, 0.15) is 6.04 Å². The molecule has 0 bridgehead atoms. The lowest BCUT2D eigenvalue weighted by Gasteiger charge is -2.13. The first-order valence-corrected chi connectivity index (χ1v) is 4.94. The molecule has 0 aliphatic carbocycles. The highest BCUT2D eigenvalue weighted by molar-refractivity contribution is 5.74. The van der Waals surface area contributed by atoms with E-state index in [0.717, 1.165) is 11.3 Å². The zero-order valence-corrected chi connectivity index (χ0v) is 9.14. The normalized spacial score (nSPS) is 12.1. The fourth-order valence-electron chi connectivity index (χ4n) is 1.28. The predicted octanol–water partition coefficient (Wildman–Crippen LogP) is 0.657. The number of hydrogen-bond acceptors (Lipinski definition) is 4. The van der Waals surface area contributed by atoms with Gasteiger partial charge in [-0.25, -0.2) is 0 Å². The number of hydrogen-bond donors (Lipinski definition) is 3. The van der Waals surface area contributed by atoms with Crippen LogP contribution in [0.3, 0.4) is 0 Å². The van der Waals surface area contributed by atoms with Crippen LogP contribution in [-0.2, 0) is 16.1 Å². The van der Waals surface area contributed by atoms with Crippen molar-refractivity contribution in [3.05, 3.63) is 29.8 Å². The fourth-order valence-corrected chi connectivity index (χ4v) is 1.28. The van der Waals surface area contributed by atoms with Crippen molar-refractivity contribution in [2.45, 2.75) is 12.6 Å². The first kappa shape index (κ1) is 12.5. The lowest BCUT2D eigenvalue weighted by molar-refractivity contribution is -0.138. The van der Waals surface area contributed by atoms with E-state index >= 15 is 0 Å². The lowest BCUT2D eigenvalue weighted by Crippen LogP contribution is -2.37. The van der Waals surface area contributed by atoms with Crippen molar-refractivity contribution in [2.75, 3.05) is 19.0 Å². The molecule has 0 heterocycles. The van der Waals surface area contributed by atoms with Gasteiger partial charge in [-0.05, 0) is 6.07 Å². The molecule has 5 heteroatoms. The maximum absolute atomic E-state index is 10.5. The van der Waals surface area contributed by atoms with Gasteiger partial charge in [-0.1, -0.05) is 18.2 Å². The number of anilines is 1. The molecular formula is C11H16N2O3. The molecule has 5 nitrogen and oxygen atoms in total. The molecule has 0 aromatic heterocycles. The fraction of sp³-hybridized carbons (Fsp3) is 0.364. The second kappa shape index (κ2) is 6.09. The number of carboxylic acid groups (broad SMARTS) is 1. The van der Waals surface area contributed by atoms with Gasteiger partial charge in [0.2, 0.25) is 0 Å². The SMILES string of the molecule is COCc1ccccc1NCC(N)C(=O)O. The van der Waals surface area contributed by atoms with Gasteiger partial charge >= 0.3 is 5.97 Å². The van der Waals surface area contributed by atoms with E-state index in [9.17, 15) is 4.79 Å². The van der Waals surface area contributed by atoms with Gasteiger partial charge in [0.05, 0.1) is 6.61 Å². The Morgan fingerprint density at radius 2 is 2.25 bits per heavy atom. The average Bonchev–Trinajstić information content (AvgIpc) is 2.27. The Bertz CT molecular complexity index is 355. The number of aliphatic carboxylic acids is 1. The zero-order chi connectivity index (χ0) is 12.0. The number of benzene rings is 1. The van der Waals surface area contributed by atoms with E-state index in [-0.39, 0.29) is 6.54 Å². The summed E-state index contributed by atoms with van der Waals surface area (Å²) in [6.45, 7) is 0.668. The number of rotatable bonds is 6. The molecule has 0 saturated carbocycles. The Labute approximate surface area is 94.2 Å². The van der Waals surface area contributed by atoms with Crippen LogP contribution in [0.5, 0.6) is 0 Å². The summed E-state index contributed by atoms with van der Waals surface area (Å²) in [4.78, 5) is 10.5. The molecule has 0 amide bonds. The average molecular weight is 224 g/mol. The number of ether oxygens (including phenoxy) is 1. The molecule has 1 aromatic carbocycles. The largest absolute Gasteiger partial charge is 0.480 e. The van der Waals surface area contributed by atoms with Crippen LogP contribution < -0.4 is 11.1 Å².